The van der Waals surface area contributed by atoms with Crippen molar-refractivity contribution in [3.8, 4) is 0 Å². The molecule has 146 valence electrons. The van der Waals surface area contributed by atoms with E-state index in [0.717, 1.165) is 28.1 Å². The van der Waals surface area contributed by atoms with Crippen molar-refractivity contribution in [2.24, 2.45) is 0 Å². The first-order valence-corrected chi connectivity index (χ1v) is 11.1. The van der Waals surface area contributed by atoms with Gasteiger partial charge in [0.25, 0.3) is 0 Å². The Hall–Kier alpha value is -2.05. The summed E-state index contributed by atoms with van der Waals surface area (Å²) in [6.07, 6.45) is 2.18. The van der Waals surface area contributed by atoms with Gasteiger partial charge in [-0.3, -0.25) is 9.10 Å². The Morgan fingerprint density at radius 2 is 1.85 bits per heavy atom. The van der Waals surface area contributed by atoms with Gasteiger partial charge in [0.1, 0.15) is 6.04 Å². The molecule has 1 amide bonds. The highest BCUT2D eigenvalue weighted by molar-refractivity contribution is 7.92. The Bertz CT molecular complexity index is 929. The third-order valence-corrected chi connectivity index (χ3v) is 5.80. The number of nitrogens with one attached hydrogen (secondary N) is 1. The Morgan fingerprint density at radius 3 is 2.44 bits per heavy atom. The maximum Gasteiger partial charge on any atom is 0.248 e. The van der Waals surface area contributed by atoms with Gasteiger partial charge < -0.3 is 5.32 Å². The number of halogens is 1. The second kappa shape index (κ2) is 8.76. The summed E-state index contributed by atoms with van der Waals surface area (Å²) in [5, 5.41) is 3.30. The lowest BCUT2D eigenvalue weighted by Crippen LogP contribution is -2.47. The number of hydrogen-bond donors (Lipinski definition) is 1. The third kappa shape index (κ3) is 5.02. The number of hydrogen-bond acceptors (Lipinski definition) is 3. The number of anilines is 2. The van der Waals surface area contributed by atoms with E-state index >= 15 is 0 Å². The van der Waals surface area contributed by atoms with E-state index in [1.165, 1.54) is 0 Å². The molecule has 0 fully saturated rings. The minimum atomic E-state index is -3.71. The van der Waals surface area contributed by atoms with Crippen molar-refractivity contribution in [1.29, 1.82) is 0 Å². The average Bonchev–Trinajstić information content (AvgIpc) is 2.61. The van der Waals surface area contributed by atoms with E-state index in [2.05, 4.69) is 5.32 Å². The quantitative estimate of drug-likeness (QED) is 0.738. The smallest absolute Gasteiger partial charge is 0.248 e. The van der Waals surface area contributed by atoms with Gasteiger partial charge in [-0.15, -0.1) is 0 Å². The van der Waals surface area contributed by atoms with Crippen LogP contribution in [0.4, 0.5) is 11.4 Å². The molecule has 7 heteroatoms. The highest BCUT2D eigenvalue weighted by Gasteiger charge is 2.32. The monoisotopic (exact) mass is 408 g/mol. The molecular formula is C20H25ClN2O3S. The molecule has 0 spiro atoms. The van der Waals surface area contributed by atoms with Gasteiger partial charge in [-0.05, 0) is 49.1 Å². The number of amides is 1. The van der Waals surface area contributed by atoms with Gasteiger partial charge in [0.05, 0.1) is 11.9 Å². The molecule has 5 nitrogen and oxygen atoms in total. The van der Waals surface area contributed by atoms with Gasteiger partial charge in [0.15, 0.2) is 0 Å². The molecule has 2 rings (SSSR count). The number of para-hydroxylation sites is 1. The van der Waals surface area contributed by atoms with Crippen molar-refractivity contribution < 1.29 is 13.2 Å². The molecule has 0 heterocycles. The summed E-state index contributed by atoms with van der Waals surface area (Å²) in [4.78, 5) is 13.0. The minimum Gasteiger partial charge on any atom is -0.324 e. The van der Waals surface area contributed by atoms with Gasteiger partial charge in [-0.2, -0.15) is 0 Å². The summed E-state index contributed by atoms with van der Waals surface area (Å²) in [7, 11) is -3.71. The molecule has 0 aliphatic carbocycles. The van der Waals surface area contributed by atoms with E-state index in [-0.39, 0.29) is 5.91 Å². The number of nitrogens with zero attached hydrogens (tertiary/aromatic N) is 1. The van der Waals surface area contributed by atoms with Crippen LogP contribution in [0.2, 0.25) is 5.02 Å². The number of carbonyl (C=O) groups is 1. The number of aryl methyl sites for hydroxylation is 2. The van der Waals surface area contributed by atoms with Crippen LogP contribution < -0.4 is 9.62 Å². The minimum absolute atomic E-state index is 0.319. The van der Waals surface area contributed by atoms with Crippen molar-refractivity contribution in [1.82, 2.24) is 0 Å². The molecule has 0 saturated carbocycles. The molecule has 0 aliphatic rings. The first kappa shape index (κ1) is 21.3. The van der Waals surface area contributed by atoms with E-state index in [4.69, 9.17) is 11.6 Å². The van der Waals surface area contributed by atoms with Crippen molar-refractivity contribution in [2.75, 3.05) is 15.9 Å². The lowest BCUT2D eigenvalue weighted by atomic mass is 10.1. The third-order valence-electron chi connectivity index (χ3n) is 4.39. The fraction of sp³-hybridized carbons (Fsp3) is 0.350. The molecule has 1 atom stereocenters. The number of sulfonamides is 1. The summed E-state index contributed by atoms with van der Waals surface area (Å²) in [5.74, 6) is -0.372. The molecule has 0 aliphatic heterocycles. The molecule has 0 aromatic heterocycles. The molecular weight excluding hydrogens is 384 g/mol. The maximum atomic E-state index is 13.0. The van der Waals surface area contributed by atoms with Gasteiger partial charge >= 0.3 is 0 Å². The Morgan fingerprint density at radius 1 is 1.19 bits per heavy atom. The zero-order valence-corrected chi connectivity index (χ0v) is 17.6. The summed E-state index contributed by atoms with van der Waals surface area (Å²) < 4.78 is 26.3. The van der Waals surface area contributed by atoms with Crippen LogP contribution in [0.3, 0.4) is 0 Å². The number of carbonyl (C=O) groups excluding carboxylic acids is 1. The van der Waals surface area contributed by atoms with E-state index in [0.29, 0.717) is 22.8 Å². The van der Waals surface area contributed by atoms with Crippen LogP contribution in [-0.4, -0.2) is 26.6 Å². The fourth-order valence-electron chi connectivity index (χ4n) is 3.02. The van der Waals surface area contributed by atoms with E-state index in [9.17, 15) is 13.2 Å². The average molecular weight is 409 g/mol. The van der Waals surface area contributed by atoms with Crippen LogP contribution in [0.5, 0.6) is 0 Å². The van der Waals surface area contributed by atoms with Crippen molar-refractivity contribution >= 4 is 38.9 Å². The molecule has 2 aromatic carbocycles. The SMILES string of the molecule is CCc1ccccc1NC(=O)C(CC)N(c1cc(Cl)ccc1C)S(C)(=O)=O. The van der Waals surface area contributed by atoms with Crippen LogP contribution in [0.25, 0.3) is 0 Å². The first-order valence-electron chi connectivity index (χ1n) is 8.83. The van der Waals surface area contributed by atoms with Crippen LogP contribution >= 0.6 is 11.6 Å². The van der Waals surface area contributed by atoms with E-state index in [1.807, 2.05) is 31.2 Å². The summed E-state index contributed by atoms with van der Waals surface area (Å²) in [6, 6.07) is 11.6. The van der Waals surface area contributed by atoms with Crippen molar-refractivity contribution in [3.63, 3.8) is 0 Å². The molecule has 1 N–H and O–H groups in total. The zero-order chi connectivity index (χ0) is 20.2. The molecule has 0 bridgehead atoms. The van der Waals surface area contributed by atoms with Gasteiger partial charge in [-0.1, -0.05) is 49.7 Å². The summed E-state index contributed by atoms with van der Waals surface area (Å²) in [6.45, 7) is 5.58. The Labute approximate surface area is 166 Å². The highest BCUT2D eigenvalue weighted by Crippen LogP contribution is 2.29. The van der Waals surface area contributed by atoms with Crippen LogP contribution in [-0.2, 0) is 21.2 Å². The molecule has 2 aromatic rings. The van der Waals surface area contributed by atoms with Crippen LogP contribution in [0.1, 0.15) is 31.4 Å². The zero-order valence-electron chi connectivity index (χ0n) is 16.0. The van der Waals surface area contributed by atoms with Gasteiger partial charge in [0.2, 0.25) is 15.9 Å². The van der Waals surface area contributed by atoms with E-state index in [1.54, 1.807) is 32.0 Å². The van der Waals surface area contributed by atoms with Gasteiger partial charge in [-0.25, -0.2) is 8.42 Å². The predicted octanol–water partition coefficient (Wildman–Crippen LogP) is 4.39. The van der Waals surface area contributed by atoms with E-state index < -0.39 is 16.1 Å². The topological polar surface area (TPSA) is 66.5 Å². The predicted molar refractivity (Wildman–Crippen MR) is 112 cm³/mol. The molecule has 1 unspecified atom stereocenters. The maximum absolute atomic E-state index is 13.0. The fourth-order valence-corrected chi connectivity index (χ4v) is 4.45. The Kier molecular flexibility index (Phi) is 6.89. The molecule has 0 saturated heterocycles. The highest BCUT2D eigenvalue weighted by atomic mass is 35.5. The molecule has 0 radical (unpaired) electrons. The Balaban J connectivity index is 2.46. The van der Waals surface area contributed by atoms with Crippen molar-refractivity contribution in [2.45, 2.75) is 39.7 Å². The second-order valence-electron chi connectivity index (χ2n) is 6.41. The number of rotatable bonds is 7. The van der Waals surface area contributed by atoms with Gasteiger partial charge in [0, 0.05) is 10.7 Å². The summed E-state index contributed by atoms with van der Waals surface area (Å²) in [5.41, 5.74) is 2.83. The standard InChI is InChI=1S/C20H25ClN2O3S/c1-5-15-9-7-8-10-17(15)22-20(24)18(6-2)23(27(4,25)26)19-13-16(21)12-11-14(19)3/h7-13,18H,5-6H2,1-4H3,(H,22,24). The van der Waals surface area contributed by atoms with Crippen LogP contribution in [0, 0.1) is 6.92 Å². The van der Waals surface area contributed by atoms with Crippen LogP contribution in [0.15, 0.2) is 42.5 Å². The first-order chi connectivity index (χ1) is 12.7. The largest absolute Gasteiger partial charge is 0.324 e. The lowest BCUT2D eigenvalue weighted by Gasteiger charge is -2.31. The normalized spacial score (nSPS) is 12.5. The lowest BCUT2D eigenvalue weighted by molar-refractivity contribution is -0.117. The number of benzene rings is 2. The van der Waals surface area contributed by atoms with Crippen molar-refractivity contribution in [3.05, 3.63) is 58.6 Å². The molecule has 27 heavy (non-hydrogen) atoms. The second-order valence-corrected chi connectivity index (χ2v) is 8.71. The summed E-state index contributed by atoms with van der Waals surface area (Å²) >= 11 is 6.09.